The van der Waals surface area contributed by atoms with E-state index in [0.717, 1.165) is 27.8 Å². The molecule has 4 rings (SSSR count). The van der Waals surface area contributed by atoms with Crippen LogP contribution in [0.25, 0.3) is 11.2 Å². The lowest BCUT2D eigenvalue weighted by Crippen LogP contribution is -2.37. The molecule has 0 aliphatic heterocycles. The molecule has 0 spiro atoms. The average molecular weight is 478 g/mol. The summed E-state index contributed by atoms with van der Waals surface area (Å²) in [4.78, 5) is 42.4. The number of carbonyl (C=O) groups is 1. The van der Waals surface area contributed by atoms with Gasteiger partial charge in [-0.25, -0.2) is 9.78 Å². The SMILES string of the molecule is Cc1ccccc1NC(=O)CCSc1nc2c(=O)n(C)c(=O)n(C)c2n1CCc1ccccc1. The first-order valence-electron chi connectivity index (χ1n) is 11.0. The molecule has 0 atom stereocenters. The third kappa shape index (κ3) is 4.84. The summed E-state index contributed by atoms with van der Waals surface area (Å²) in [6, 6.07) is 17.7. The number of anilines is 1. The smallest absolute Gasteiger partial charge is 0.326 e. The minimum Gasteiger partial charge on any atom is -0.326 e. The molecule has 0 aliphatic rings. The Labute approximate surface area is 201 Å². The first-order chi connectivity index (χ1) is 16.4. The van der Waals surface area contributed by atoms with Gasteiger partial charge in [-0.05, 0) is 30.5 Å². The Morgan fingerprint density at radius 2 is 1.71 bits per heavy atom. The standard InChI is InChI=1S/C25H27N5O3S/c1-17-9-7-8-12-19(17)26-20(31)14-16-34-24-27-21-22(28(2)25(33)29(3)23(21)32)30(24)15-13-18-10-5-4-6-11-18/h4-12H,13-16H2,1-3H3,(H,26,31). The highest BCUT2D eigenvalue weighted by Crippen LogP contribution is 2.23. The van der Waals surface area contributed by atoms with Crippen LogP contribution in [-0.2, 0) is 31.9 Å². The Balaban J connectivity index is 1.58. The lowest BCUT2D eigenvalue weighted by atomic mass is 10.1. The van der Waals surface area contributed by atoms with Crippen molar-refractivity contribution < 1.29 is 4.79 Å². The van der Waals surface area contributed by atoms with Crippen molar-refractivity contribution in [3.05, 3.63) is 86.6 Å². The van der Waals surface area contributed by atoms with Crippen molar-refractivity contribution in [1.29, 1.82) is 0 Å². The summed E-state index contributed by atoms with van der Waals surface area (Å²) in [6.45, 7) is 2.50. The Bertz CT molecular complexity index is 1450. The number of aromatic nitrogens is 4. The largest absolute Gasteiger partial charge is 0.332 e. The number of hydrogen-bond acceptors (Lipinski definition) is 5. The molecule has 34 heavy (non-hydrogen) atoms. The number of nitrogens with zero attached hydrogens (tertiary/aromatic N) is 4. The van der Waals surface area contributed by atoms with Gasteiger partial charge in [-0.15, -0.1) is 0 Å². The molecule has 4 aromatic rings. The van der Waals surface area contributed by atoms with Crippen molar-refractivity contribution in [1.82, 2.24) is 18.7 Å². The molecule has 0 unspecified atom stereocenters. The van der Waals surface area contributed by atoms with Crippen LogP contribution < -0.4 is 16.6 Å². The number of aryl methyl sites for hydroxylation is 4. The maximum Gasteiger partial charge on any atom is 0.332 e. The number of imidazole rings is 1. The van der Waals surface area contributed by atoms with E-state index in [2.05, 4.69) is 10.3 Å². The number of benzene rings is 2. The van der Waals surface area contributed by atoms with E-state index in [1.165, 1.54) is 23.4 Å². The summed E-state index contributed by atoms with van der Waals surface area (Å²) in [5, 5.41) is 3.56. The maximum atomic E-state index is 12.8. The molecule has 0 saturated carbocycles. The second-order valence-electron chi connectivity index (χ2n) is 8.12. The molecule has 0 radical (unpaired) electrons. The zero-order valence-corrected chi connectivity index (χ0v) is 20.3. The number of amides is 1. The van der Waals surface area contributed by atoms with E-state index >= 15 is 0 Å². The quantitative estimate of drug-likeness (QED) is 0.394. The van der Waals surface area contributed by atoms with Crippen molar-refractivity contribution in [2.24, 2.45) is 14.1 Å². The zero-order chi connectivity index (χ0) is 24.2. The molecule has 2 heterocycles. The van der Waals surface area contributed by atoms with Gasteiger partial charge in [0.05, 0.1) is 0 Å². The van der Waals surface area contributed by atoms with Crippen molar-refractivity contribution in [2.45, 2.75) is 31.5 Å². The lowest BCUT2D eigenvalue weighted by Gasteiger charge is -2.12. The minimum atomic E-state index is -0.421. The number of fused-ring (bicyclic) bond motifs is 1. The van der Waals surface area contributed by atoms with Crippen LogP contribution in [-0.4, -0.2) is 30.3 Å². The molecule has 2 aromatic carbocycles. The molecule has 2 aromatic heterocycles. The van der Waals surface area contributed by atoms with Gasteiger partial charge in [0.2, 0.25) is 5.91 Å². The lowest BCUT2D eigenvalue weighted by molar-refractivity contribution is -0.115. The third-order valence-corrected chi connectivity index (χ3v) is 6.73. The Morgan fingerprint density at radius 1 is 1.00 bits per heavy atom. The van der Waals surface area contributed by atoms with Crippen LogP contribution in [0.4, 0.5) is 5.69 Å². The number of para-hydroxylation sites is 1. The predicted octanol–water partition coefficient (Wildman–Crippen LogP) is 3.11. The van der Waals surface area contributed by atoms with Gasteiger partial charge in [-0.3, -0.25) is 18.7 Å². The van der Waals surface area contributed by atoms with E-state index in [1.807, 2.05) is 66.1 Å². The first kappa shape index (κ1) is 23.6. The van der Waals surface area contributed by atoms with Crippen LogP contribution in [0.2, 0.25) is 0 Å². The fourth-order valence-corrected chi connectivity index (χ4v) is 4.79. The van der Waals surface area contributed by atoms with Gasteiger partial charge in [0.1, 0.15) is 0 Å². The molecule has 9 heteroatoms. The van der Waals surface area contributed by atoms with Crippen molar-refractivity contribution in [2.75, 3.05) is 11.1 Å². The second-order valence-corrected chi connectivity index (χ2v) is 9.18. The van der Waals surface area contributed by atoms with E-state index in [0.29, 0.717) is 23.1 Å². The van der Waals surface area contributed by atoms with Crippen LogP contribution in [0, 0.1) is 6.92 Å². The molecule has 0 saturated heterocycles. The molecule has 8 nitrogen and oxygen atoms in total. The molecule has 1 amide bonds. The van der Waals surface area contributed by atoms with Crippen LogP contribution in [0.3, 0.4) is 0 Å². The van der Waals surface area contributed by atoms with E-state index < -0.39 is 11.2 Å². The van der Waals surface area contributed by atoms with E-state index in [-0.39, 0.29) is 17.8 Å². The van der Waals surface area contributed by atoms with Crippen LogP contribution >= 0.6 is 11.8 Å². The molecule has 0 bridgehead atoms. The molecular formula is C25H27N5O3S. The molecule has 0 fully saturated rings. The summed E-state index contributed by atoms with van der Waals surface area (Å²) in [5.74, 6) is 0.401. The highest BCUT2D eigenvalue weighted by Gasteiger charge is 2.19. The Morgan fingerprint density at radius 3 is 2.44 bits per heavy atom. The highest BCUT2D eigenvalue weighted by molar-refractivity contribution is 7.99. The number of rotatable bonds is 8. The zero-order valence-electron chi connectivity index (χ0n) is 19.4. The monoisotopic (exact) mass is 477 g/mol. The minimum absolute atomic E-state index is 0.0861. The van der Waals surface area contributed by atoms with Gasteiger partial charge in [0.25, 0.3) is 5.56 Å². The Kier molecular flexibility index (Phi) is 7.02. The summed E-state index contributed by atoms with van der Waals surface area (Å²) in [5.41, 5.74) is 2.88. The number of thioether (sulfide) groups is 1. The first-order valence-corrected chi connectivity index (χ1v) is 12.0. The maximum absolute atomic E-state index is 12.8. The van der Waals surface area contributed by atoms with Crippen LogP contribution in [0.1, 0.15) is 17.5 Å². The number of carbonyl (C=O) groups excluding carboxylic acids is 1. The van der Waals surface area contributed by atoms with E-state index in [9.17, 15) is 14.4 Å². The fraction of sp³-hybridized carbons (Fsp3) is 0.280. The van der Waals surface area contributed by atoms with Gasteiger partial charge < -0.3 is 9.88 Å². The van der Waals surface area contributed by atoms with Gasteiger partial charge in [0.15, 0.2) is 16.3 Å². The Hall–Kier alpha value is -3.59. The summed E-state index contributed by atoms with van der Waals surface area (Å²) >= 11 is 1.41. The molecule has 1 N–H and O–H groups in total. The summed E-state index contributed by atoms with van der Waals surface area (Å²) < 4.78 is 4.44. The predicted molar refractivity (Wildman–Crippen MR) is 136 cm³/mol. The number of nitrogens with one attached hydrogen (secondary N) is 1. The third-order valence-electron chi connectivity index (χ3n) is 5.75. The molecule has 176 valence electrons. The summed E-state index contributed by atoms with van der Waals surface area (Å²) in [7, 11) is 3.10. The highest BCUT2D eigenvalue weighted by atomic mass is 32.2. The molecular weight excluding hydrogens is 450 g/mol. The number of hydrogen-bond donors (Lipinski definition) is 1. The summed E-state index contributed by atoms with van der Waals surface area (Å²) in [6.07, 6.45) is 1.01. The van der Waals surface area contributed by atoms with Crippen LogP contribution in [0.15, 0.2) is 69.3 Å². The van der Waals surface area contributed by atoms with Crippen molar-refractivity contribution >= 4 is 34.5 Å². The fourth-order valence-electron chi connectivity index (χ4n) is 3.83. The van der Waals surface area contributed by atoms with Gasteiger partial charge in [-0.1, -0.05) is 60.3 Å². The normalized spacial score (nSPS) is 11.1. The van der Waals surface area contributed by atoms with E-state index in [1.54, 1.807) is 7.05 Å². The van der Waals surface area contributed by atoms with Gasteiger partial charge in [0, 0.05) is 38.5 Å². The average Bonchev–Trinajstić information content (AvgIpc) is 3.20. The van der Waals surface area contributed by atoms with Crippen LogP contribution in [0.5, 0.6) is 0 Å². The molecule has 0 aliphatic carbocycles. The topological polar surface area (TPSA) is 90.9 Å². The van der Waals surface area contributed by atoms with Gasteiger partial charge in [-0.2, -0.15) is 0 Å². The van der Waals surface area contributed by atoms with Crippen molar-refractivity contribution in [3.8, 4) is 0 Å². The van der Waals surface area contributed by atoms with E-state index in [4.69, 9.17) is 0 Å². The second kappa shape index (κ2) is 10.1. The van der Waals surface area contributed by atoms with Gasteiger partial charge >= 0.3 is 5.69 Å². The van der Waals surface area contributed by atoms with Crippen molar-refractivity contribution in [3.63, 3.8) is 0 Å².